The Morgan fingerprint density at radius 2 is 1.90 bits per heavy atom. The van der Waals surface area contributed by atoms with E-state index in [0.29, 0.717) is 38.6 Å². The van der Waals surface area contributed by atoms with E-state index in [1.54, 1.807) is 18.5 Å². The van der Waals surface area contributed by atoms with E-state index in [9.17, 15) is 13.6 Å². The molecule has 2 aromatic rings. The van der Waals surface area contributed by atoms with E-state index in [1.165, 1.54) is 11.0 Å². The molecule has 1 atom stereocenters. The van der Waals surface area contributed by atoms with Crippen molar-refractivity contribution in [1.82, 2.24) is 19.8 Å². The van der Waals surface area contributed by atoms with Crippen LogP contribution in [-0.4, -0.2) is 71.0 Å². The average molecular weight is 405 g/mol. The minimum Gasteiger partial charge on any atom is -0.346 e. The quantitative estimate of drug-likeness (QED) is 0.840. The van der Waals surface area contributed by atoms with Gasteiger partial charge in [-0.1, -0.05) is 0 Å². The van der Waals surface area contributed by atoms with Crippen LogP contribution in [0.25, 0.3) is 0 Å². The Bertz CT molecular complexity index is 868. The topological polar surface area (TPSA) is 79.8 Å². The van der Waals surface area contributed by atoms with Crippen molar-refractivity contribution in [1.29, 1.82) is 0 Å². The number of nitrogens with one attached hydrogen (secondary N) is 1. The van der Waals surface area contributed by atoms with Gasteiger partial charge in [-0.3, -0.25) is 4.90 Å². The Hall–Kier alpha value is -2.69. The molecule has 8 nitrogen and oxygen atoms in total. The summed E-state index contributed by atoms with van der Waals surface area (Å²) in [6.45, 7) is 2.93. The first-order valence-electron chi connectivity index (χ1n) is 9.30. The van der Waals surface area contributed by atoms with Crippen molar-refractivity contribution in [3.05, 3.63) is 54.1 Å². The third-order valence-electron chi connectivity index (χ3n) is 4.84. The molecule has 29 heavy (non-hydrogen) atoms. The molecule has 3 heterocycles. The van der Waals surface area contributed by atoms with Crippen molar-refractivity contribution >= 4 is 11.7 Å². The molecule has 154 valence electrons. The number of aromatic nitrogens is 2. The Balaban J connectivity index is 1.40. The van der Waals surface area contributed by atoms with Crippen molar-refractivity contribution < 1.29 is 23.0 Å². The number of ether oxygens (including phenoxy) is 2. The first-order valence-corrected chi connectivity index (χ1v) is 9.30. The Morgan fingerprint density at radius 3 is 2.66 bits per heavy atom. The van der Waals surface area contributed by atoms with Crippen LogP contribution in [0.5, 0.6) is 0 Å². The van der Waals surface area contributed by atoms with Crippen LogP contribution in [0, 0.1) is 11.6 Å². The summed E-state index contributed by atoms with van der Waals surface area (Å²) in [7, 11) is 0. The van der Waals surface area contributed by atoms with Gasteiger partial charge in [0.1, 0.15) is 17.5 Å². The number of anilines is 1. The molecule has 2 aliphatic rings. The fourth-order valence-electron chi connectivity index (χ4n) is 3.47. The Kier molecular flexibility index (Phi) is 5.65. The van der Waals surface area contributed by atoms with Gasteiger partial charge in [0.25, 0.3) is 0 Å². The fraction of sp³-hybridized carbons (Fsp3) is 0.421. The van der Waals surface area contributed by atoms with Crippen LogP contribution in [0.4, 0.5) is 19.3 Å². The zero-order chi connectivity index (χ0) is 20.3. The van der Waals surface area contributed by atoms with Gasteiger partial charge in [0.15, 0.2) is 5.79 Å². The fourth-order valence-corrected chi connectivity index (χ4v) is 3.47. The van der Waals surface area contributed by atoms with Crippen LogP contribution in [0.2, 0.25) is 0 Å². The molecule has 1 N–H and O–H groups in total. The molecule has 2 fully saturated rings. The SMILES string of the molecule is O=C(Nc1ccc(F)cc1F)N1CCOC2(CN(Cc3ncccn3)CCO2)C1. The highest BCUT2D eigenvalue weighted by atomic mass is 19.1. The van der Waals surface area contributed by atoms with Gasteiger partial charge in [-0.25, -0.2) is 23.5 Å². The first-order chi connectivity index (χ1) is 14.0. The van der Waals surface area contributed by atoms with Gasteiger partial charge in [0.2, 0.25) is 0 Å². The monoisotopic (exact) mass is 405 g/mol. The second kappa shape index (κ2) is 8.36. The molecule has 0 aliphatic carbocycles. The summed E-state index contributed by atoms with van der Waals surface area (Å²) in [5, 5.41) is 2.48. The average Bonchev–Trinajstić information content (AvgIpc) is 2.71. The van der Waals surface area contributed by atoms with E-state index >= 15 is 0 Å². The van der Waals surface area contributed by atoms with Gasteiger partial charge in [-0.05, 0) is 18.2 Å². The summed E-state index contributed by atoms with van der Waals surface area (Å²) in [4.78, 5) is 24.7. The van der Waals surface area contributed by atoms with Crippen LogP contribution in [0.3, 0.4) is 0 Å². The van der Waals surface area contributed by atoms with E-state index in [-0.39, 0.29) is 18.8 Å². The van der Waals surface area contributed by atoms with Crippen molar-refractivity contribution in [3.8, 4) is 0 Å². The Morgan fingerprint density at radius 1 is 1.14 bits per heavy atom. The number of hydrogen-bond donors (Lipinski definition) is 1. The molecule has 4 rings (SSSR count). The third-order valence-corrected chi connectivity index (χ3v) is 4.84. The second-order valence-corrected chi connectivity index (χ2v) is 6.96. The highest BCUT2D eigenvalue weighted by Crippen LogP contribution is 2.26. The van der Waals surface area contributed by atoms with Crippen LogP contribution in [0.15, 0.2) is 36.7 Å². The third kappa shape index (κ3) is 4.66. The molecule has 1 aromatic heterocycles. The smallest absolute Gasteiger partial charge is 0.322 e. The number of urea groups is 1. The molecular weight excluding hydrogens is 384 g/mol. The lowest BCUT2D eigenvalue weighted by Crippen LogP contribution is -2.63. The van der Waals surface area contributed by atoms with E-state index in [1.807, 2.05) is 0 Å². The van der Waals surface area contributed by atoms with Gasteiger partial charge < -0.3 is 19.7 Å². The highest BCUT2D eigenvalue weighted by Gasteiger charge is 2.43. The molecule has 2 aliphatic heterocycles. The maximum absolute atomic E-state index is 13.8. The number of morpholine rings is 2. The van der Waals surface area contributed by atoms with Gasteiger partial charge in [0.05, 0.1) is 38.5 Å². The van der Waals surface area contributed by atoms with E-state index in [0.717, 1.165) is 12.1 Å². The zero-order valence-corrected chi connectivity index (χ0v) is 15.7. The lowest BCUT2D eigenvalue weighted by Gasteiger charge is -2.47. The molecule has 2 amide bonds. The summed E-state index contributed by atoms with van der Waals surface area (Å²) in [5.41, 5.74) is -0.0793. The second-order valence-electron chi connectivity index (χ2n) is 6.96. The van der Waals surface area contributed by atoms with Crippen LogP contribution in [-0.2, 0) is 16.0 Å². The van der Waals surface area contributed by atoms with E-state index < -0.39 is 23.5 Å². The minimum absolute atomic E-state index is 0.0793. The summed E-state index contributed by atoms with van der Waals surface area (Å²) >= 11 is 0. The molecule has 2 saturated heterocycles. The maximum Gasteiger partial charge on any atom is 0.322 e. The number of rotatable bonds is 3. The Labute approximate surface area is 166 Å². The van der Waals surface area contributed by atoms with E-state index in [4.69, 9.17) is 9.47 Å². The minimum atomic E-state index is -0.968. The number of hydrogen-bond acceptors (Lipinski definition) is 6. The predicted octanol–water partition coefficient (Wildman–Crippen LogP) is 1.85. The number of nitrogens with zero attached hydrogens (tertiary/aromatic N) is 4. The lowest BCUT2D eigenvalue weighted by molar-refractivity contribution is -0.287. The normalized spacial score (nSPS) is 22.6. The number of halogens is 2. The number of carbonyl (C=O) groups excluding carboxylic acids is 1. The van der Waals surface area contributed by atoms with Gasteiger partial charge in [-0.2, -0.15) is 0 Å². The number of benzene rings is 1. The van der Waals surface area contributed by atoms with Gasteiger partial charge in [-0.15, -0.1) is 0 Å². The number of amides is 2. The summed E-state index contributed by atoms with van der Waals surface area (Å²) in [5.74, 6) is -1.81. The van der Waals surface area contributed by atoms with Crippen molar-refractivity contribution in [2.75, 3.05) is 44.7 Å². The van der Waals surface area contributed by atoms with Crippen LogP contribution >= 0.6 is 0 Å². The molecule has 1 spiro atoms. The lowest BCUT2D eigenvalue weighted by atomic mass is 10.1. The highest BCUT2D eigenvalue weighted by molar-refractivity contribution is 5.89. The summed E-state index contributed by atoms with van der Waals surface area (Å²) < 4.78 is 38.7. The molecule has 0 radical (unpaired) electrons. The summed E-state index contributed by atoms with van der Waals surface area (Å²) in [6.07, 6.45) is 3.38. The largest absolute Gasteiger partial charge is 0.346 e. The number of carbonyl (C=O) groups is 1. The van der Waals surface area contributed by atoms with E-state index in [2.05, 4.69) is 20.2 Å². The summed E-state index contributed by atoms with van der Waals surface area (Å²) in [6, 6.07) is 4.27. The molecule has 1 unspecified atom stereocenters. The maximum atomic E-state index is 13.8. The van der Waals surface area contributed by atoms with Crippen molar-refractivity contribution in [2.24, 2.45) is 0 Å². The van der Waals surface area contributed by atoms with Gasteiger partial charge >= 0.3 is 6.03 Å². The standard InChI is InChI=1S/C19H21F2N5O3/c20-14-2-3-16(15(21)10-14)24-18(27)26-7-9-29-19(13-26)12-25(6-8-28-19)11-17-22-4-1-5-23-17/h1-5,10H,6-9,11-13H2,(H,24,27). The molecule has 1 aromatic carbocycles. The molecule has 10 heteroatoms. The molecule has 0 bridgehead atoms. The van der Waals surface area contributed by atoms with Crippen LogP contribution in [0.1, 0.15) is 5.82 Å². The molecular formula is C19H21F2N5O3. The van der Waals surface area contributed by atoms with Gasteiger partial charge in [0, 0.05) is 31.5 Å². The van der Waals surface area contributed by atoms with Crippen LogP contribution < -0.4 is 5.32 Å². The molecule has 0 saturated carbocycles. The van der Waals surface area contributed by atoms with Crippen molar-refractivity contribution in [2.45, 2.75) is 12.3 Å². The first kappa shape index (κ1) is 19.6. The predicted molar refractivity (Wildman–Crippen MR) is 98.9 cm³/mol. The zero-order valence-electron chi connectivity index (χ0n) is 15.7. The van der Waals surface area contributed by atoms with Crippen molar-refractivity contribution in [3.63, 3.8) is 0 Å².